The van der Waals surface area contributed by atoms with Gasteiger partial charge in [-0.3, -0.25) is 4.79 Å². The van der Waals surface area contributed by atoms with Crippen molar-refractivity contribution in [3.05, 3.63) is 77.6 Å². The van der Waals surface area contributed by atoms with Gasteiger partial charge in [-0.05, 0) is 42.0 Å². The molecule has 0 saturated carbocycles. The molecule has 0 saturated heterocycles. The van der Waals surface area contributed by atoms with E-state index in [0.717, 1.165) is 5.56 Å². The quantitative estimate of drug-likeness (QED) is 0.856. The number of phenolic OH excluding ortho intramolecular Hbond substituents is 1. The van der Waals surface area contributed by atoms with Gasteiger partial charge in [0.25, 0.3) is 0 Å². The lowest BCUT2D eigenvalue weighted by molar-refractivity contribution is -0.110. The number of aromatic hydroxyl groups is 1. The van der Waals surface area contributed by atoms with Crippen molar-refractivity contribution < 1.29 is 14.3 Å². The Morgan fingerprint density at radius 2 is 1.75 bits per heavy atom. The molecule has 0 aliphatic heterocycles. The van der Waals surface area contributed by atoms with Gasteiger partial charge in [0.05, 0.1) is 0 Å². The molecule has 0 unspecified atom stereocenters. The first-order chi connectivity index (χ1) is 9.65. The minimum atomic E-state index is -0.367. The summed E-state index contributed by atoms with van der Waals surface area (Å²) < 4.78 is 13.3. The van der Waals surface area contributed by atoms with Gasteiger partial charge in [0, 0.05) is 5.56 Å². The molecule has 0 aliphatic rings. The van der Waals surface area contributed by atoms with Crippen LogP contribution in [0, 0.1) is 5.82 Å². The summed E-state index contributed by atoms with van der Waals surface area (Å²) in [6.45, 7) is 0. The largest absolute Gasteiger partial charge is 0.508 e. The Bertz CT molecular complexity index is 672. The molecule has 0 aliphatic carbocycles. The lowest BCUT2D eigenvalue weighted by Gasteiger charge is -1.95. The zero-order valence-corrected chi connectivity index (χ0v) is 10.7. The number of hydrogen-bond donors (Lipinski definition) is 1. The summed E-state index contributed by atoms with van der Waals surface area (Å²) in [5.41, 5.74) is 1.09. The third-order valence-corrected chi connectivity index (χ3v) is 2.64. The predicted molar refractivity (Wildman–Crippen MR) is 77.6 cm³/mol. The molecule has 0 heterocycles. The molecule has 3 heteroatoms. The zero-order chi connectivity index (χ0) is 14.4. The first-order valence-electron chi connectivity index (χ1n) is 6.09. The highest BCUT2D eigenvalue weighted by Crippen LogP contribution is 2.12. The van der Waals surface area contributed by atoms with Crippen molar-refractivity contribution in [2.24, 2.45) is 0 Å². The molecular formula is C17H13FO2. The molecule has 1 N–H and O–H groups in total. The number of phenols is 1. The van der Waals surface area contributed by atoms with Gasteiger partial charge in [-0.25, -0.2) is 4.39 Å². The number of halogens is 1. The van der Waals surface area contributed by atoms with Crippen LogP contribution in [0.5, 0.6) is 5.75 Å². The molecule has 0 amide bonds. The maximum absolute atomic E-state index is 13.3. The molecule has 2 aromatic carbocycles. The molecule has 0 fully saturated rings. The lowest BCUT2D eigenvalue weighted by atomic mass is 10.1. The van der Waals surface area contributed by atoms with E-state index in [4.69, 9.17) is 0 Å². The van der Waals surface area contributed by atoms with Gasteiger partial charge in [0.1, 0.15) is 11.6 Å². The van der Waals surface area contributed by atoms with Crippen molar-refractivity contribution in [2.75, 3.05) is 0 Å². The summed E-state index contributed by atoms with van der Waals surface area (Å²) in [5, 5.41) is 9.29. The molecular weight excluding hydrogens is 255 g/mol. The molecule has 0 spiro atoms. The standard InChI is InChI=1S/C17H13FO2/c18-17-7-2-1-5-14(17)9-11-15(19)10-8-13-4-3-6-16(20)12-13/h1-12,20H. The number of rotatable bonds is 4. The first-order valence-corrected chi connectivity index (χ1v) is 6.09. The van der Waals surface area contributed by atoms with Gasteiger partial charge in [0.15, 0.2) is 5.78 Å². The van der Waals surface area contributed by atoms with Gasteiger partial charge < -0.3 is 5.11 Å². The second-order valence-corrected chi connectivity index (χ2v) is 4.19. The third-order valence-electron chi connectivity index (χ3n) is 2.64. The maximum Gasteiger partial charge on any atom is 0.178 e. The Morgan fingerprint density at radius 1 is 1.00 bits per heavy atom. The van der Waals surface area contributed by atoms with Gasteiger partial charge >= 0.3 is 0 Å². The fourth-order valence-corrected chi connectivity index (χ4v) is 1.64. The Morgan fingerprint density at radius 3 is 2.50 bits per heavy atom. The van der Waals surface area contributed by atoms with E-state index >= 15 is 0 Å². The highest BCUT2D eigenvalue weighted by Gasteiger charge is 1.96. The molecule has 2 rings (SSSR count). The minimum Gasteiger partial charge on any atom is -0.508 e. The number of benzene rings is 2. The number of ketones is 1. The van der Waals surface area contributed by atoms with Gasteiger partial charge in [-0.2, -0.15) is 0 Å². The number of carbonyl (C=O) groups is 1. The van der Waals surface area contributed by atoms with Crippen LogP contribution in [0.1, 0.15) is 11.1 Å². The molecule has 100 valence electrons. The van der Waals surface area contributed by atoms with Crippen molar-refractivity contribution in [1.82, 2.24) is 0 Å². The highest BCUT2D eigenvalue weighted by atomic mass is 19.1. The molecule has 0 radical (unpaired) electrons. The van der Waals surface area contributed by atoms with Crippen LogP contribution in [0.3, 0.4) is 0 Å². The number of hydrogen-bond acceptors (Lipinski definition) is 2. The molecule has 2 aromatic rings. The van der Waals surface area contributed by atoms with Crippen molar-refractivity contribution in [2.45, 2.75) is 0 Å². The van der Waals surface area contributed by atoms with E-state index < -0.39 is 0 Å². The summed E-state index contributed by atoms with van der Waals surface area (Å²) >= 11 is 0. The van der Waals surface area contributed by atoms with Crippen LogP contribution in [0.2, 0.25) is 0 Å². The van der Waals surface area contributed by atoms with E-state index in [-0.39, 0.29) is 17.3 Å². The fourth-order valence-electron chi connectivity index (χ4n) is 1.64. The van der Waals surface area contributed by atoms with E-state index in [9.17, 15) is 14.3 Å². The van der Waals surface area contributed by atoms with E-state index in [1.165, 1.54) is 24.3 Å². The monoisotopic (exact) mass is 268 g/mol. The average molecular weight is 268 g/mol. The second kappa shape index (κ2) is 6.48. The lowest BCUT2D eigenvalue weighted by Crippen LogP contribution is -1.86. The normalized spacial score (nSPS) is 11.2. The summed E-state index contributed by atoms with van der Waals surface area (Å²) in [5.74, 6) is -0.480. The van der Waals surface area contributed by atoms with E-state index in [2.05, 4.69) is 0 Å². The Hall–Kier alpha value is -2.68. The van der Waals surface area contributed by atoms with Crippen molar-refractivity contribution in [3.63, 3.8) is 0 Å². The molecule has 0 bridgehead atoms. The van der Waals surface area contributed by atoms with Crippen LogP contribution in [-0.4, -0.2) is 10.9 Å². The Balaban J connectivity index is 2.04. The van der Waals surface area contributed by atoms with E-state index in [0.29, 0.717) is 5.56 Å². The maximum atomic E-state index is 13.3. The molecule has 20 heavy (non-hydrogen) atoms. The Labute approximate surface area is 116 Å². The van der Waals surface area contributed by atoms with E-state index in [1.807, 2.05) is 0 Å². The summed E-state index contributed by atoms with van der Waals surface area (Å²) in [6.07, 6.45) is 5.70. The molecule has 2 nitrogen and oxygen atoms in total. The van der Waals surface area contributed by atoms with Crippen LogP contribution in [0.15, 0.2) is 60.7 Å². The molecule has 0 atom stereocenters. The SMILES string of the molecule is O=C(C=Cc1cccc(O)c1)C=Cc1ccccc1F. The van der Waals surface area contributed by atoms with E-state index in [1.54, 1.807) is 48.5 Å². The van der Waals surface area contributed by atoms with Crippen molar-refractivity contribution in [1.29, 1.82) is 0 Å². The summed E-state index contributed by atoms with van der Waals surface area (Å²) in [6, 6.07) is 12.8. The number of carbonyl (C=O) groups excluding carboxylic acids is 1. The van der Waals surface area contributed by atoms with Gasteiger partial charge in [-0.1, -0.05) is 36.4 Å². The second-order valence-electron chi connectivity index (χ2n) is 4.19. The smallest absolute Gasteiger partial charge is 0.178 e. The van der Waals surface area contributed by atoms with Crippen molar-refractivity contribution in [3.8, 4) is 5.75 Å². The molecule has 0 aromatic heterocycles. The van der Waals surface area contributed by atoms with Crippen LogP contribution in [0.4, 0.5) is 4.39 Å². The number of allylic oxidation sites excluding steroid dienone is 2. The van der Waals surface area contributed by atoms with Crippen LogP contribution in [-0.2, 0) is 4.79 Å². The van der Waals surface area contributed by atoms with Crippen LogP contribution in [0.25, 0.3) is 12.2 Å². The van der Waals surface area contributed by atoms with Gasteiger partial charge in [-0.15, -0.1) is 0 Å². The van der Waals surface area contributed by atoms with Crippen LogP contribution < -0.4 is 0 Å². The van der Waals surface area contributed by atoms with Gasteiger partial charge in [0.2, 0.25) is 0 Å². The minimum absolute atomic E-state index is 0.140. The summed E-state index contributed by atoms with van der Waals surface area (Å²) in [4.78, 5) is 11.6. The van der Waals surface area contributed by atoms with Crippen molar-refractivity contribution >= 4 is 17.9 Å². The fraction of sp³-hybridized carbons (Fsp3) is 0. The first kappa shape index (κ1) is 13.7. The summed E-state index contributed by atoms with van der Waals surface area (Å²) in [7, 11) is 0. The highest BCUT2D eigenvalue weighted by molar-refractivity contribution is 6.04. The third kappa shape index (κ3) is 3.92. The van der Waals surface area contributed by atoms with Crippen LogP contribution >= 0.6 is 0 Å². The Kier molecular flexibility index (Phi) is 4.45. The average Bonchev–Trinajstić information content (AvgIpc) is 2.44. The predicted octanol–water partition coefficient (Wildman–Crippen LogP) is 3.83. The zero-order valence-electron chi connectivity index (χ0n) is 10.7. The topological polar surface area (TPSA) is 37.3 Å².